The van der Waals surface area contributed by atoms with Gasteiger partial charge in [0.05, 0.1) is 18.5 Å². The van der Waals surface area contributed by atoms with Crippen molar-refractivity contribution in [2.75, 3.05) is 13.1 Å². The van der Waals surface area contributed by atoms with Gasteiger partial charge in [-0.15, -0.1) is 11.3 Å². The summed E-state index contributed by atoms with van der Waals surface area (Å²) in [6.45, 7) is 3.12. The first-order chi connectivity index (χ1) is 12.7. The van der Waals surface area contributed by atoms with E-state index in [-0.39, 0.29) is 5.56 Å². The van der Waals surface area contributed by atoms with E-state index in [4.69, 9.17) is 16.6 Å². The topological polar surface area (TPSA) is 50.2 Å². The third kappa shape index (κ3) is 3.70. The number of aromatic nitrogens is 2. The fourth-order valence-electron chi connectivity index (χ4n) is 3.77. The molecular formula is C20H23ClN3OS+. The summed E-state index contributed by atoms with van der Waals surface area (Å²) in [4.78, 5) is 22.9. The molecule has 3 aromatic rings. The molecule has 1 saturated heterocycles. The van der Waals surface area contributed by atoms with E-state index in [1.54, 1.807) is 0 Å². The molecule has 2 aromatic heterocycles. The molecule has 0 bridgehead atoms. The summed E-state index contributed by atoms with van der Waals surface area (Å²) < 4.78 is 0. The van der Waals surface area contributed by atoms with Gasteiger partial charge < -0.3 is 9.88 Å². The molecule has 26 heavy (non-hydrogen) atoms. The van der Waals surface area contributed by atoms with Crippen molar-refractivity contribution in [3.8, 4) is 11.1 Å². The van der Waals surface area contributed by atoms with Crippen molar-refractivity contribution in [3.63, 3.8) is 0 Å². The van der Waals surface area contributed by atoms with Crippen LogP contribution in [0.25, 0.3) is 21.3 Å². The van der Waals surface area contributed by atoms with Gasteiger partial charge in [-0.2, -0.15) is 0 Å². The van der Waals surface area contributed by atoms with Gasteiger partial charge in [0.15, 0.2) is 5.82 Å². The van der Waals surface area contributed by atoms with Gasteiger partial charge in [-0.3, -0.25) is 4.79 Å². The molecule has 0 spiro atoms. The molecule has 2 N–H and O–H groups in total. The van der Waals surface area contributed by atoms with Crippen LogP contribution in [0.1, 0.15) is 37.9 Å². The molecule has 0 atom stereocenters. The molecule has 1 aliphatic heterocycles. The number of hydrogen-bond acceptors (Lipinski definition) is 3. The van der Waals surface area contributed by atoms with Gasteiger partial charge >= 0.3 is 0 Å². The minimum Gasteiger partial charge on any atom is -0.329 e. The summed E-state index contributed by atoms with van der Waals surface area (Å²) in [6.07, 6.45) is 6.51. The van der Waals surface area contributed by atoms with Gasteiger partial charge in [-0.1, -0.05) is 36.2 Å². The minimum absolute atomic E-state index is 0.0624. The lowest BCUT2D eigenvalue weighted by Gasteiger charge is -2.21. The van der Waals surface area contributed by atoms with E-state index < -0.39 is 0 Å². The summed E-state index contributed by atoms with van der Waals surface area (Å²) in [6, 6.07) is 7.63. The molecule has 3 heterocycles. The van der Waals surface area contributed by atoms with E-state index in [2.05, 4.69) is 4.98 Å². The SMILES string of the molecule is O=c1[nH]c(C[NH+]2CCCCCCC2)nc2scc(-c3ccccc3Cl)c12. The first kappa shape index (κ1) is 17.7. The van der Waals surface area contributed by atoms with Crippen molar-refractivity contribution in [1.82, 2.24) is 9.97 Å². The Kier molecular flexibility index (Phi) is 5.38. The number of nitrogens with one attached hydrogen (secondary N) is 2. The summed E-state index contributed by atoms with van der Waals surface area (Å²) in [5.41, 5.74) is 1.69. The largest absolute Gasteiger partial charge is 0.329 e. The molecule has 0 aliphatic carbocycles. The average Bonchev–Trinajstić information content (AvgIpc) is 3.02. The van der Waals surface area contributed by atoms with Gasteiger partial charge in [0.25, 0.3) is 5.56 Å². The third-order valence-electron chi connectivity index (χ3n) is 5.14. The zero-order chi connectivity index (χ0) is 17.9. The second kappa shape index (κ2) is 7.91. The van der Waals surface area contributed by atoms with E-state index in [1.165, 1.54) is 48.3 Å². The molecule has 1 fully saturated rings. The summed E-state index contributed by atoms with van der Waals surface area (Å²) in [5.74, 6) is 0.797. The summed E-state index contributed by atoms with van der Waals surface area (Å²) in [7, 11) is 0. The lowest BCUT2D eigenvalue weighted by Crippen LogP contribution is -3.10. The van der Waals surface area contributed by atoms with Crippen molar-refractivity contribution in [2.24, 2.45) is 0 Å². The first-order valence-corrected chi connectivity index (χ1v) is 10.6. The fourth-order valence-corrected chi connectivity index (χ4v) is 4.97. The molecule has 6 heteroatoms. The molecule has 1 aromatic carbocycles. The second-order valence-corrected chi connectivity index (χ2v) is 8.28. The van der Waals surface area contributed by atoms with Gasteiger partial charge in [0.2, 0.25) is 0 Å². The highest BCUT2D eigenvalue weighted by atomic mass is 35.5. The maximum absolute atomic E-state index is 12.8. The van der Waals surface area contributed by atoms with Crippen LogP contribution in [0.15, 0.2) is 34.4 Å². The standard InChI is InChI=1S/C20H22ClN3OS/c21-16-9-5-4-8-14(16)15-13-26-20-18(15)19(25)22-17(23-20)12-24-10-6-2-1-3-7-11-24/h4-5,8-9,13H,1-3,6-7,10-12H2,(H,22,23,25)/p+1. The van der Waals surface area contributed by atoms with E-state index >= 15 is 0 Å². The minimum atomic E-state index is -0.0624. The molecule has 0 unspecified atom stereocenters. The normalized spacial score (nSPS) is 16.5. The van der Waals surface area contributed by atoms with Crippen LogP contribution in [-0.4, -0.2) is 23.1 Å². The number of fused-ring (bicyclic) bond motifs is 1. The molecule has 4 rings (SSSR count). The highest BCUT2D eigenvalue weighted by molar-refractivity contribution is 7.17. The number of nitrogens with zero attached hydrogens (tertiary/aromatic N) is 1. The van der Waals surface area contributed by atoms with E-state index in [0.717, 1.165) is 41.4 Å². The van der Waals surface area contributed by atoms with Crippen LogP contribution in [0.5, 0.6) is 0 Å². The molecule has 0 radical (unpaired) electrons. The van der Waals surface area contributed by atoms with Crippen LogP contribution in [-0.2, 0) is 6.54 Å². The maximum Gasteiger partial charge on any atom is 0.260 e. The molecule has 4 nitrogen and oxygen atoms in total. The highest BCUT2D eigenvalue weighted by Gasteiger charge is 2.18. The molecule has 136 valence electrons. The van der Waals surface area contributed by atoms with E-state index in [9.17, 15) is 4.79 Å². The number of halogens is 1. The Hall–Kier alpha value is -1.69. The quantitative estimate of drug-likeness (QED) is 0.719. The predicted octanol–water partition coefficient (Wildman–Crippen LogP) is 3.65. The number of quaternary nitrogens is 1. The van der Waals surface area contributed by atoms with Gasteiger partial charge in [-0.25, -0.2) is 4.98 Å². The summed E-state index contributed by atoms with van der Waals surface area (Å²) in [5, 5.41) is 3.29. The van der Waals surface area contributed by atoms with E-state index in [0.29, 0.717) is 10.4 Å². The van der Waals surface area contributed by atoms with Gasteiger partial charge in [-0.05, 0) is 31.7 Å². The van der Waals surface area contributed by atoms with Crippen molar-refractivity contribution < 1.29 is 4.90 Å². The Balaban J connectivity index is 1.66. The number of hydrogen-bond donors (Lipinski definition) is 2. The number of benzene rings is 1. The number of thiophene rings is 1. The molecule has 0 amide bonds. The van der Waals surface area contributed by atoms with Gasteiger partial charge in [0.1, 0.15) is 11.4 Å². The van der Waals surface area contributed by atoms with Crippen molar-refractivity contribution in [3.05, 3.63) is 50.8 Å². The van der Waals surface area contributed by atoms with Crippen molar-refractivity contribution in [2.45, 2.75) is 38.6 Å². The van der Waals surface area contributed by atoms with Crippen LogP contribution in [0.4, 0.5) is 0 Å². The van der Waals surface area contributed by atoms with Crippen LogP contribution in [0.2, 0.25) is 5.02 Å². The number of likely N-dealkylation sites (tertiary alicyclic amines) is 1. The average molecular weight is 389 g/mol. The first-order valence-electron chi connectivity index (χ1n) is 9.31. The van der Waals surface area contributed by atoms with Crippen LogP contribution >= 0.6 is 22.9 Å². The number of rotatable bonds is 3. The lowest BCUT2D eigenvalue weighted by molar-refractivity contribution is -0.915. The number of H-pyrrole nitrogens is 1. The van der Waals surface area contributed by atoms with Crippen LogP contribution in [0, 0.1) is 0 Å². The Morgan fingerprint density at radius 3 is 2.58 bits per heavy atom. The smallest absolute Gasteiger partial charge is 0.260 e. The molecular weight excluding hydrogens is 366 g/mol. The Morgan fingerprint density at radius 1 is 1.08 bits per heavy atom. The zero-order valence-electron chi connectivity index (χ0n) is 14.7. The molecule has 0 saturated carbocycles. The van der Waals surface area contributed by atoms with Crippen LogP contribution in [0.3, 0.4) is 0 Å². The van der Waals surface area contributed by atoms with E-state index in [1.807, 2.05) is 29.6 Å². The third-order valence-corrected chi connectivity index (χ3v) is 6.34. The Morgan fingerprint density at radius 2 is 1.81 bits per heavy atom. The van der Waals surface area contributed by atoms with Crippen molar-refractivity contribution in [1.29, 1.82) is 0 Å². The monoisotopic (exact) mass is 388 g/mol. The lowest BCUT2D eigenvalue weighted by atomic mass is 10.1. The highest BCUT2D eigenvalue weighted by Crippen LogP contribution is 2.34. The zero-order valence-corrected chi connectivity index (χ0v) is 16.3. The fraction of sp³-hybridized carbons (Fsp3) is 0.400. The Labute approximate surface area is 161 Å². The molecule has 1 aliphatic rings. The number of aromatic amines is 1. The van der Waals surface area contributed by atoms with Crippen LogP contribution < -0.4 is 10.5 Å². The second-order valence-electron chi connectivity index (χ2n) is 7.02. The maximum atomic E-state index is 12.8. The predicted molar refractivity (Wildman–Crippen MR) is 108 cm³/mol. The summed E-state index contributed by atoms with van der Waals surface area (Å²) >= 11 is 7.84. The Bertz CT molecular complexity index is 957. The van der Waals surface area contributed by atoms with Crippen molar-refractivity contribution >= 4 is 33.2 Å². The van der Waals surface area contributed by atoms with Gasteiger partial charge in [0, 0.05) is 21.5 Å².